The Kier molecular flexibility index (Phi) is 8.47. The molecule has 0 radical (unpaired) electrons. The summed E-state index contributed by atoms with van der Waals surface area (Å²) in [5.74, 6) is -1.11. The van der Waals surface area contributed by atoms with Crippen LogP contribution in [-0.2, 0) is 30.0 Å². The van der Waals surface area contributed by atoms with E-state index < -0.39 is 24.9 Å². The zero-order valence-corrected chi connectivity index (χ0v) is 16.6. The Bertz CT molecular complexity index is 640. The molecule has 1 aromatic rings. The molecule has 1 rings (SSSR count). The Hall–Kier alpha value is -1.69. The van der Waals surface area contributed by atoms with Crippen LogP contribution in [0.2, 0.25) is 0 Å². The molecule has 7 nitrogen and oxygen atoms in total. The van der Waals surface area contributed by atoms with E-state index in [0.29, 0.717) is 0 Å². The van der Waals surface area contributed by atoms with E-state index in [1.807, 2.05) is 30.3 Å². The molecule has 1 unspecified atom stereocenters. The van der Waals surface area contributed by atoms with Crippen LogP contribution in [0.4, 0.5) is 0 Å². The molecule has 0 aromatic heterocycles. The lowest BCUT2D eigenvalue weighted by Crippen LogP contribution is -2.40. The van der Waals surface area contributed by atoms with Crippen LogP contribution < -0.4 is 5.32 Å². The average Bonchev–Trinajstić information content (AvgIpc) is 2.58. The molecule has 0 saturated heterocycles. The SMILES string of the molecule is C[C@@H](C(=O)NCCC(=O)OCc1ccccc1)C(C)(C)COP(C)(=O)O. The number of ether oxygens (including phenoxy) is 1. The van der Waals surface area contributed by atoms with E-state index in [1.54, 1.807) is 20.8 Å². The van der Waals surface area contributed by atoms with Gasteiger partial charge in [0, 0.05) is 19.1 Å². The van der Waals surface area contributed by atoms with Crippen molar-refractivity contribution in [3.05, 3.63) is 35.9 Å². The molecular formula is C18H28NO6P. The predicted molar refractivity (Wildman–Crippen MR) is 98.5 cm³/mol. The van der Waals surface area contributed by atoms with Gasteiger partial charge >= 0.3 is 13.6 Å². The summed E-state index contributed by atoms with van der Waals surface area (Å²) in [6, 6.07) is 9.34. The zero-order valence-electron chi connectivity index (χ0n) is 15.7. The number of carbonyl (C=O) groups excluding carboxylic acids is 2. The highest BCUT2D eigenvalue weighted by Gasteiger charge is 2.33. The molecule has 0 fully saturated rings. The molecule has 1 aromatic carbocycles. The number of carbonyl (C=O) groups is 2. The summed E-state index contributed by atoms with van der Waals surface area (Å²) in [6.45, 7) is 6.72. The molecule has 0 bridgehead atoms. The highest BCUT2D eigenvalue weighted by atomic mass is 31.2. The summed E-state index contributed by atoms with van der Waals surface area (Å²) in [6.07, 6.45) is 0.0724. The summed E-state index contributed by atoms with van der Waals surface area (Å²) < 4.78 is 21.3. The van der Waals surface area contributed by atoms with Crippen LogP contribution >= 0.6 is 7.60 Å². The molecule has 0 aliphatic carbocycles. The van der Waals surface area contributed by atoms with Gasteiger partial charge in [-0.15, -0.1) is 0 Å². The number of hydrogen-bond donors (Lipinski definition) is 2. The first kappa shape index (κ1) is 22.4. The van der Waals surface area contributed by atoms with Crippen molar-refractivity contribution in [3.63, 3.8) is 0 Å². The van der Waals surface area contributed by atoms with E-state index in [4.69, 9.17) is 9.26 Å². The van der Waals surface area contributed by atoms with E-state index in [2.05, 4.69) is 5.32 Å². The fraction of sp³-hybridized carbons (Fsp3) is 0.556. The highest BCUT2D eigenvalue weighted by Crippen LogP contribution is 2.40. The van der Waals surface area contributed by atoms with Gasteiger partial charge in [0.1, 0.15) is 6.61 Å². The maximum Gasteiger partial charge on any atom is 0.325 e. The van der Waals surface area contributed by atoms with Crippen molar-refractivity contribution >= 4 is 19.5 Å². The summed E-state index contributed by atoms with van der Waals surface area (Å²) in [7, 11) is -3.59. The molecule has 0 aliphatic heterocycles. The van der Waals surface area contributed by atoms with E-state index in [0.717, 1.165) is 12.2 Å². The third kappa shape index (κ3) is 8.61. The lowest BCUT2D eigenvalue weighted by Gasteiger charge is -2.30. The number of amides is 1. The first-order chi connectivity index (χ1) is 12.0. The van der Waals surface area contributed by atoms with Gasteiger partial charge in [0.25, 0.3) is 0 Å². The number of hydrogen-bond acceptors (Lipinski definition) is 5. The van der Waals surface area contributed by atoms with Crippen molar-refractivity contribution in [2.24, 2.45) is 11.3 Å². The normalized spacial score (nSPS) is 15.0. The molecule has 8 heteroatoms. The maximum atomic E-state index is 12.2. The number of benzene rings is 1. The monoisotopic (exact) mass is 385 g/mol. The summed E-state index contributed by atoms with van der Waals surface area (Å²) in [4.78, 5) is 33.2. The van der Waals surface area contributed by atoms with Gasteiger partial charge in [-0.05, 0) is 11.0 Å². The van der Waals surface area contributed by atoms with E-state index in [-0.39, 0.29) is 32.1 Å². The second kappa shape index (κ2) is 9.86. The molecule has 0 spiro atoms. The summed E-state index contributed by atoms with van der Waals surface area (Å²) >= 11 is 0. The van der Waals surface area contributed by atoms with Crippen LogP contribution in [-0.4, -0.2) is 36.6 Å². The van der Waals surface area contributed by atoms with Crippen molar-refractivity contribution in [3.8, 4) is 0 Å². The van der Waals surface area contributed by atoms with Crippen LogP contribution in [0.25, 0.3) is 0 Å². The average molecular weight is 385 g/mol. The lowest BCUT2D eigenvalue weighted by molar-refractivity contribution is -0.144. The lowest BCUT2D eigenvalue weighted by atomic mass is 9.80. The van der Waals surface area contributed by atoms with Gasteiger partial charge in [-0.2, -0.15) is 0 Å². The Labute approximate surface area is 154 Å². The van der Waals surface area contributed by atoms with Crippen molar-refractivity contribution in [2.45, 2.75) is 33.8 Å². The Balaban J connectivity index is 2.33. The number of rotatable bonds is 10. The molecule has 0 aliphatic rings. The van der Waals surface area contributed by atoms with Gasteiger partial charge in [-0.1, -0.05) is 51.1 Å². The molecule has 1 amide bonds. The molecule has 26 heavy (non-hydrogen) atoms. The van der Waals surface area contributed by atoms with Crippen LogP contribution in [0.1, 0.15) is 32.8 Å². The topological polar surface area (TPSA) is 102 Å². The number of nitrogens with one attached hydrogen (secondary N) is 1. The molecule has 2 atom stereocenters. The Morgan fingerprint density at radius 2 is 1.88 bits per heavy atom. The minimum Gasteiger partial charge on any atom is -0.461 e. The highest BCUT2D eigenvalue weighted by molar-refractivity contribution is 7.51. The summed E-state index contributed by atoms with van der Waals surface area (Å²) in [5.41, 5.74) is 0.268. The summed E-state index contributed by atoms with van der Waals surface area (Å²) in [5, 5.41) is 2.69. The minimum atomic E-state index is -3.59. The largest absolute Gasteiger partial charge is 0.461 e. The van der Waals surface area contributed by atoms with Crippen molar-refractivity contribution < 1.29 is 28.3 Å². The number of esters is 1. The van der Waals surface area contributed by atoms with Gasteiger partial charge in [-0.25, -0.2) is 0 Å². The van der Waals surface area contributed by atoms with E-state index >= 15 is 0 Å². The quantitative estimate of drug-likeness (QED) is 0.474. The zero-order chi connectivity index (χ0) is 19.8. The third-order valence-corrected chi connectivity index (χ3v) is 4.72. The minimum absolute atomic E-state index is 0.0228. The molecule has 146 valence electrons. The molecule has 0 heterocycles. The molecular weight excluding hydrogens is 357 g/mol. The van der Waals surface area contributed by atoms with E-state index in [9.17, 15) is 19.0 Å². The predicted octanol–water partition coefficient (Wildman–Crippen LogP) is 2.73. The first-order valence-electron chi connectivity index (χ1n) is 8.43. The van der Waals surface area contributed by atoms with Gasteiger partial charge in [0.15, 0.2) is 0 Å². The molecule has 0 saturated carbocycles. The van der Waals surface area contributed by atoms with Crippen molar-refractivity contribution in [2.75, 3.05) is 19.8 Å². The van der Waals surface area contributed by atoms with E-state index in [1.165, 1.54) is 0 Å². The third-order valence-electron chi connectivity index (χ3n) is 4.11. The standard InChI is InChI=1S/C18H28NO6P/c1-14(18(2,3)13-25-26(4,22)23)17(21)19-11-10-16(20)24-12-15-8-6-5-7-9-15/h5-9,14H,10-13H2,1-4H3,(H,19,21)(H,22,23)/t14-/m0/s1. The fourth-order valence-electron chi connectivity index (χ4n) is 2.02. The van der Waals surface area contributed by atoms with Gasteiger partial charge in [0.05, 0.1) is 13.0 Å². The van der Waals surface area contributed by atoms with Crippen LogP contribution in [0.5, 0.6) is 0 Å². The van der Waals surface area contributed by atoms with Crippen LogP contribution in [0.15, 0.2) is 30.3 Å². The Morgan fingerprint density at radius 3 is 2.46 bits per heavy atom. The second-order valence-corrected chi connectivity index (χ2v) is 8.84. The second-order valence-electron chi connectivity index (χ2n) is 6.97. The van der Waals surface area contributed by atoms with Gasteiger partial charge < -0.3 is 19.5 Å². The first-order valence-corrected chi connectivity index (χ1v) is 10.5. The Morgan fingerprint density at radius 1 is 1.27 bits per heavy atom. The fourth-order valence-corrected chi connectivity index (χ4v) is 2.59. The smallest absolute Gasteiger partial charge is 0.325 e. The van der Waals surface area contributed by atoms with Crippen molar-refractivity contribution in [1.29, 1.82) is 0 Å². The van der Waals surface area contributed by atoms with Crippen LogP contribution in [0, 0.1) is 11.3 Å². The van der Waals surface area contributed by atoms with Crippen molar-refractivity contribution in [1.82, 2.24) is 5.32 Å². The maximum absolute atomic E-state index is 12.2. The van der Waals surface area contributed by atoms with Gasteiger partial charge in [-0.3, -0.25) is 14.2 Å². The van der Waals surface area contributed by atoms with Gasteiger partial charge in [0.2, 0.25) is 5.91 Å². The van der Waals surface area contributed by atoms with Crippen LogP contribution in [0.3, 0.4) is 0 Å². The molecule has 2 N–H and O–H groups in total.